The van der Waals surface area contributed by atoms with E-state index in [0.29, 0.717) is 27.6 Å². The number of carbonyl (C=O) groups is 3. The van der Waals surface area contributed by atoms with Gasteiger partial charge in [-0.3, -0.25) is 14.4 Å². The molecule has 0 saturated heterocycles. The summed E-state index contributed by atoms with van der Waals surface area (Å²) in [6, 6.07) is 11.0. The Bertz CT molecular complexity index is 880. The van der Waals surface area contributed by atoms with Crippen molar-refractivity contribution in [2.24, 2.45) is 0 Å². The van der Waals surface area contributed by atoms with Crippen LogP contribution in [0.1, 0.15) is 27.6 Å². The molecule has 0 spiro atoms. The lowest BCUT2D eigenvalue weighted by atomic mass is 10.1. The van der Waals surface area contributed by atoms with E-state index in [1.165, 1.54) is 13.0 Å². The van der Waals surface area contributed by atoms with Crippen LogP contribution in [0.3, 0.4) is 0 Å². The number of hydrogen-bond donors (Lipinski definition) is 1. The molecule has 7 nitrogen and oxygen atoms in total. The molecule has 0 unspecified atom stereocenters. The van der Waals surface area contributed by atoms with E-state index in [-0.39, 0.29) is 19.1 Å². The van der Waals surface area contributed by atoms with Gasteiger partial charge in [-0.25, -0.2) is 0 Å². The van der Waals surface area contributed by atoms with Crippen molar-refractivity contribution in [1.82, 2.24) is 5.32 Å². The number of hydrogen-bond acceptors (Lipinski definition) is 6. The van der Waals surface area contributed by atoms with Crippen LogP contribution < -0.4 is 14.8 Å². The van der Waals surface area contributed by atoms with E-state index in [9.17, 15) is 14.4 Å². The number of Topliss-reactive ketones (excluding diaryl/α,β-unsaturated/α-hetero) is 1. The summed E-state index contributed by atoms with van der Waals surface area (Å²) in [6.07, 6.45) is -0.985. The van der Waals surface area contributed by atoms with Crippen LogP contribution in [0.4, 0.5) is 0 Å². The van der Waals surface area contributed by atoms with E-state index in [0.717, 1.165) is 0 Å². The van der Waals surface area contributed by atoms with Crippen molar-refractivity contribution in [2.45, 2.75) is 13.0 Å². The largest absolute Gasteiger partial charge is 0.454 e. The lowest BCUT2D eigenvalue weighted by molar-refractivity contribution is -0.145. The van der Waals surface area contributed by atoms with Gasteiger partial charge in [-0.05, 0) is 49.4 Å². The van der Waals surface area contributed by atoms with E-state index in [2.05, 4.69) is 5.32 Å². The van der Waals surface area contributed by atoms with E-state index in [1.807, 2.05) is 0 Å². The molecule has 1 atom stereocenters. The number of amides is 1. The van der Waals surface area contributed by atoms with Gasteiger partial charge in [0.15, 0.2) is 17.6 Å². The van der Waals surface area contributed by atoms with Gasteiger partial charge in [0, 0.05) is 16.1 Å². The SMILES string of the molecule is C[C@@H](OC(=O)CNC(=O)c1ccc2c(c1)OCO2)C(=O)c1ccc(Cl)cc1. The Labute approximate surface area is 160 Å². The Kier molecular flexibility index (Phi) is 5.61. The molecule has 0 radical (unpaired) electrons. The number of rotatable bonds is 6. The normalized spacial score (nSPS) is 13.0. The van der Waals surface area contributed by atoms with Crippen molar-refractivity contribution >= 4 is 29.3 Å². The summed E-state index contributed by atoms with van der Waals surface area (Å²) in [4.78, 5) is 36.3. The average Bonchev–Trinajstić information content (AvgIpc) is 3.13. The van der Waals surface area contributed by atoms with E-state index in [1.54, 1.807) is 36.4 Å². The average molecular weight is 390 g/mol. The molecule has 140 valence electrons. The minimum absolute atomic E-state index is 0.103. The van der Waals surface area contributed by atoms with Crippen molar-refractivity contribution in [3.8, 4) is 11.5 Å². The molecule has 1 aliphatic rings. The van der Waals surface area contributed by atoms with Crippen molar-refractivity contribution in [1.29, 1.82) is 0 Å². The number of nitrogens with one attached hydrogen (secondary N) is 1. The number of fused-ring (bicyclic) bond motifs is 1. The summed E-state index contributed by atoms with van der Waals surface area (Å²) < 4.78 is 15.5. The first-order valence-electron chi connectivity index (χ1n) is 8.11. The predicted octanol–water partition coefficient (Wildman–Crippen LogP) is 2.61. The van der Waals surface area contributed by atoms with Crippen molar-refractivity contribution < 1.29 is 28.6 Å². The van der Waals surface area contributed by atoms with Crippen LogP contribution in [0.2, 0.25) is 5.02 Å². The van der Waals surface area contributed by atoms with Crippen molar-refractivity contribution in [3.63, 3.8) is 0 Å². The Hall–Kier alpha value is -3.06. The van der Waals surface area contributed by atoms with E-state index < -0.39 is 18.0 Å². The molecule has 0 aromatic heterocycles. The number of ether oxygens (including phenoxy) is 3. The van der Waals surface area contributed by atoms with Crippen molar-refractivity contribution in [3.05, 3.63) is 58.6 Å². The third-order valence-electron chi connectivity index (χ3n) is 3.83. The molecular weight excluding hydrogens is 374 g/mol. The zero-order valence-corrected chi connectivity index (χ0v) is 15.1. The van der Waals surface area contributed by atoms with Gasteiger partial charge >= 0.3 is 5.97 Å². The molecule has 1 heterocycles. The van der Waals surface area contributed by atoms with Crippen LogP contribution >= 0.6 is 11.6 Å². The van der Waals surface area contributed by atoms with Gasteiger partial charge in [-0.2, -0.15) is 0 Å². The molecule has 0 bridgehead atoms. The predicted molar refractivity (Wildman–Crippen MR) is 96.2 cm³/mol. The van der Waals surface area contributed by atoms with Gasteiger partial charge in [0.25, 0.3) is 5.91 Å². The topological polar surface area (TPSA) is 90.9 Å². The molecule has 1 aliphatic heterocycles. The highest BCUT2D eigenvalue weighted by atomic mass is 35.5. The first-order chi connectivity index (χ1) is 12.9. The highest BCUT2D eigenvalue weighted by Gasteiger charge is 2.21. The number of esters is 1. The lowest BCUT2D eigenvalue weighted by Gasteiger charge is -2.13. The van der Waals surface area contributed by atoms with Crippen LogP contribution in [0.25, 0.3) is 0 Å². The fourth-order valence-electron chi connectivity index (χ4n) is 2.43. The van der Waals surface area contributed by atoms with Crippen molar-refractivity contribution in [2.75, 3.05) is 13.3 Å². The zero-order valence-electron chi connectivity index (χ0n) is 14.4. The summed E-state index contributed by atoms with van der Waals surface area (Å²) in [5, 5.41) is 2.95. The minimum Gasteiger partial charge on any atom is -0.454 e. The molecule has 3 rings (SSSR count). The molecule has 2 aromatic carbocycles. The van der Waals surface area contributed by atoms with Gasteiger partial charge in [0.1, 0.15) is 6.54 Å². The monoisotopic (exact) mass is 389 g/mol. The Balaban J connectivity index is 1.50. The lowest BCUT2D eigenvalue weighted by Crippen LogP contribution is -2.34. The van der Waals surface area contributed by atoms with Crippen LogP contribution in [-0.4, -0.2) is 37.1 Å². The number of benzene rings is 2. The number of carbonyl (C=O) groups excluding carboxylic acids is 3. The summed E-state index contributed by atoms with van der Waals surface area (Å²) in [6.45, 7) is 1.20. The second-order valence-corrected chi connectivity index (χ2v) is 6.19. The minimum atomic E-state index is -0.985. The molecule has 0 saturated carbocycles. The van der Waals surface area contributed by atoms with Crippen LogP contribution in [0.15, 0.2) is 42.5 Å². The van der Waals surface area contributed by atoms with Crippen LogP contribution in [0.5, 0.6) is 11.5 Å². The van der Waals surface area contributed by atoms with Gasteiger partial charge < -0.3 is 19.5 Å². The van der Waals surface area contributed by atoms with Gasteiger partial charge in [0.2, 0.25) is 12.6 Å². The zero-order chi connectivity index (χ0) is 19.4. The first-order valence-corrected chi connectivity index (χ1v) is 8.49. The second-order valence-electron chi connectivity index (χ2n) is 5.75. The van der Waals surface area contributed by atoms with Gasteiger partial charge in [-0.1, -0.05) is 11.6 Å². The standard InChI is InChI=1S/C19H16ClNO6/c1-11(18(23)12-2-5-14(20)6-3-12)27-17(22)9-21-19(24)13-4-7-15-16(8-13)26-10-25-15/h2-8,11H,9-10H2,1H3,(H,21,24)/t11-/m1/s1. The maximum Gasteiger partial charge on any atom is 0.326 e. The molecular formula is C19H16ClNO6. The van der Waals surface area contributed by atoms with Crippen LogP contribution in [-0.2, 0) is 9.53 Å². The number of halogens is 1. The molecule has 1 amide bonds. The molecule has 1 N–H and O–H groups in total. The summed E-state index contributed by atoms with van der Waals surface area (Å²) in [7, 11) is 0. The maximum absolute atomic E-state index is 12.2. The first kappa shape index (κ1) is 18.7. The fourth-order valence-corrected chi connectivity index (χ4v) is 2.56. The Morgan fingerprint density at radius 2 is 1.74 bits per heavy atom. The van der Waals surface area contributed by atoms with Gasteiger partial charge in [0.05, 0.1) is 0 Å². The summed E-state index contributed by atoms with van der Waals surface area (Å²) in [5.74, 6) is -0.532. The molecule has 2 aromatic rings. The highest BCUT2D eigenvalue weighted by molar-refractivity contribution is 6.30. The third kappa shape index (κ3) is 4.57. The quantitative estimate of drug-likeness (QED) is 0.603. The number of ketones is 1. The molecule has 8 heteroatoms. The summed E-state index contributed by atoms with van der Waals surface area (Å²) in [5.41, 5.74) is 0.696. The Morgan fingerprint density at radius 1 is 1.07 bits per heavy atom. The molecule has 27 heavy (non-hydrogen) atoms. The highest BCUT2D eigenvalue weighted by Crippen LogP contribution is 2.32. The van der Waals surface area contributed by atoms with E-state index in [4.69, 9.17) is 25.8 Å². The van der Waals surface area contributed by atoms with Crippen LogP contribution in [0, 0.1) is 0 Å². The smallest absolute Gasteiger partial charge is 0.326 e. The second kappa shape index (κ2) is 8.09. The Morgan fingerprint density at radius 3 is 2.48 bits per heavy atom. The summed E-state index contributed by atoms with van der Waals surface area (Å²) >= 11 is 5.78. The molecule has 0 aliphatic carbocycles. The van der Waals surface area contributed by atoms with Gasteiger partial charge in [-0.15, -0.1) is 0 Å². The third-order valence-corrected chi connectivity index (χ3v) is 4.09. The molecule has 0 fully saturated rings. The van der Waals surface area contributed by atoms with E-state index >= 15 is 0 Å². The maximum atomic E-state index is 12.2. The fraction of sp³-hybridized carbons (Fsp3) is 0.211.